The number of nitrogens with zero attached hydrogens (tertiary/aromatic N) is 2. The first-order valence-electron chi connectivity index (χ1n) is 6.71. The Kier molecular flexibility index (Phi) is 3.79. The fraction of sp³-hybridized carbons (Fsp3) is 0.267. The second-order valence-electron chi connectivity index (χ2n) is 4.84. The van der Waals surface area contributed by atoms with Gasteiger partial charge in [0.2, 0.25) is 5.91 Å². The summed E-state index contributed by atoms with van der Waals surface area (Å²) in [4.78, 5) is 38.9. The fourth-order valence-electron chi connectivity index (χ4n) is 2.44. The van der Waals surface area contributed by atoms with Crippen LogP contribution in [0.3, 0.4) is 0 Å². The van der Waals surface area contributed by atoms with Crippen LogP contribution in [0.2, 0.25) is 0 Å². The zero-order valence-corrected chi connectivity index (χ0v) is 12.1. The van der Waals surface area contributed by atoms with Gasteiger partial charge in [-0.15, -0.1) is 11.8 Å². The van der Waals surface area contributed by atoms with Crippen LogP contribution in [0.5, 0.6) is 0 Å². The van der Waals surface area contributed by atoms with E-state index in [1.807, 2.05) is 5.41 Å². The standard InChI is InChI=1S/C15H14N2O3S/c18-13-10-21-9-8-16(13)6-3-7-17-14(19)11-4-1-2-5-12(11)15(17)20/h1-2,4-5,8-9H,3,6-7,10H2. The molecule has 2 aliphatic heterocycles. The number of hydrogen-bond acceptors (Lipinski definition) is 4. The van der Waals surface area contributed by atoms with Gasteiger partial charge in [-0.2, -0.15) is 0 Å². The number of amides is 3. The highest BCUT2D eigenvalue weighted by Crippen LogP contribution is 2.22. The lowest BCUT2D eigenvalue weighted by atomic mass is 10.1. The van der Waals surface area contributed by atoms with Crippen molar-refractivity contribution in [3.05, 3.63) is 47.0 Å². The summed E-state index contributed by atoms with van der Waals surface area (Å²) in [5.41, 5.74) is 0.931. The molecule has 0 fully saturated rings. The third-order valence-electron chi connectivity index (χ3n) is 3.52. The quantitative estimate of drug-likeness (QED) is 0.795. The smallest absolute Gasteiger partial charge is 0.261 e. The maximum Gasteiger partial charge on any atom is 0.261 e. The first-order valence-corrected chi connectivity index (χ1v) is 7.76. The van der Waals surface area contributed by atoms with Gasteiger partial charge in [-0.05, 0) is 24.0 Å². The van der Waals surface area contributed by atoms with Crippen molar-refractivity contribution in [2.45, 2.75) is 6.42 Å². The predicted octanol–water partition coefficient (Wildman–Crippen LogP) is 1.72. The maximum atomic E-state index is 12.2. The Hall–Kier alpha value is -2.08. The van der Waals surface area contributed by atoms with E-state index >= 15 is 0 Å². The first-order chi connectivity index (χ1) is 10.2. The number of benzene rings is 1. The topological polar surface area (TPSA) is 57.7 Å². The van der Waals surface area contributed by atoms with E-state index in [9.17, 15) is 14.4 Å². The summed E-state index contributed by atoms with van der Waals surface area (Å²) in [6, 6.07) is 6.85. The van der Waals surface area contributed by atoms with Crippen molar-refractivity contribution in [2.75, 3.05) is 18.8 Å². The Labute approximate surface area is 126 Å². The Morgan fingerprint density at radius 3 is 2.29 bits per heavy atom. The summed E-state index contributed by atoms with van der Waals surface area (Å²) in [6.07, 6.45) is 2.32. The lowest BCUT2D eigenvalue weighted by Gasteiger charge is -2.22. The van der Waals surface area contributed by atoms with E-state index in [1.54, 1.807) is 35.4 Å². The van der Waals surface area contributed by atoms with Gasteiger partial charge < -0.3 is 4.90 Å². The molecule has 0 unspecified atom stereocenters. The normalized spacial score (nSPS) is 17.6. The van der Waals surface area contributed by atoms with E-state index < -0.39 is 0 Å². The third kappa shape index (κ3) is 2.58. The summed E-state index contributed by atoms with van der Waals surface area (Å²) in [6.45, 7) is 0.848. The van der Waals surface area contributed by atoms with E-state index in [1.165, 1.54) is 16.7 Å². The molecular formula is C15H14N2O3S. The van der Waals surface area contributed by atoms with E-state index in [0.717, 1.165) is 0 Å². The lowest BCUT2D eigenvalue weighted by molar-refractivity contribution is -0.126. The second kappa shape index (κ2) is 5.73. The molecule has 0 spiro atoms. The van der Waals surface area contributed by atoms with Crippen molar-refractivity contribution in [1.29, 1.82) is 0 Å². The Morgan fingerprint density at radius 1 is 1.00 bits per heavy atom. The molecule has 0 saturated heterocycles. The molecule has 21 heavy (non-hydrogen) atoms. The van der Waals surface area contributed by atoms with Crippen molar-refractivity contribution in [3.63, 3.8) is 0 Å². The van der Waals surface area contributed by atoms with Crippen LogP contribution in [0.1, 0.15) is 27.1 Å². The Balaban J connectivity index is 1.61. The Morgan fingerprint density at radius 2 is 1.67 bits per heavy atom. The molecule has 0 N–H and O–H groups in total. The van der Waals surface area contributed by atoms with Gasteiger partial charge in [-0.1, -0.05) is 12.1 Å². The molecule has 0 bridgehead atoms. The van der Waals surface area contributed by atoms with Gasteiger partial charge in [0.15, 0.2) is 0 Å². The summed E-state index contributed by atoms with van der Waals surface area (Å²) in [5, 5.41) is 1.88. The van der Waals surface area contributed by atoms with Gasteiger partial charge in [-0.3, -0.25) is 19.3 Å². The van der Waals surface area contributed by atoms with Crippen LogP contribution in [0, 0.1) is 0 Å². The zero-order valence-electron chi connectivity index (χ0n) is 11.3. The van der Waals surface area contributed by atoms with E-state index in [-0.39, 0.29) is 17.7 Å². The van der Waals surface area contributed by atoms with E-state index in [0.29, 0.717) is 36.4 Å². The molecule has 0 atom stereocenters. The van der Waals surface area contributed by atoms with Crippen molar-refractivity contribution in [3.8, 4) is 0 Å². The molecule has 108 valence electrons. The van der Waals surface area contributed by atoms with Gasteiger partial charge in [0.25, 0.3) is 11.8 Å². The number of carbonyl (C=O) groups is 3. The predicted molar refractivity (Wildman–Crippen MR) is 79.7 cm³/mol. The Bertz CT molecular complexity index is 607. The fourth-order valence-corrected chi connectivity index (χ4v) is 3.08. The molecule has 2 aliphatic rings. The van der Waals surface area contributed by atoms with Crippen molar-refractivity contribution >= 4 is 29.5 Å². The van der Waals surface area contributed by atoms with E-state index in [4.69, 9.17) is 0 Å². The van der Waals surface area contributed by atoms with Gasteiger partial charge in [0.1, 0.15) is 0 Å². The largest absolute Gasteiger partial charge is 0.318 e. The molecule has 0 radical (unpaired) electrons. The van der Waals surface area contributed by atoms with Gasteiger partial charge >= 0.3 is 0 Å². The van der Waals surface area contributed by atoms with Crippen LogP contribution >= 0.6 is 11.8 Å². The number of rotatable bonds is 4. The molecule has 2 heterocycles. The SMILES string of the molecule is O=C1CSC=CN1CCCN1C(=O)c2ccccc2C1=O. The van der Waals surface area contributed by atoms with Crippen LogP contribution < -0.4 is 0 Å². The minimum atomic E-state index is -0.244. The second-order valence-corrected chi connectivity index (χ2v) is 5.74. The highest BCUT2D eigenvalue weighted by molar-refractivity contribution is 8.02. The molecule has 3 rings (SSSR count). The van der Waals surface area contributed by atoms with Crippen LogP contribution in [0.15, 0.2) is 35.9 Å². The molecule has 0 saturated carbocycles. The summed E-state index contributed by atoms with van der Waals surface area (Å²) in [5.74, 6) is 0.0203. The lowest BCUT2D eigenvalue weighted by Crippen LogP contribution is -2.35. The zero-order chi connectivity index (χ0) is 14.8. The highest BCUT2D eigenvalue weighted by atomic mass is 32.2. The summed E-state index contributed by atoms with van der Waals surface area (Å²) in [7, 11) is 0. The number of imide groups is 1. The van der Waals surface area contributed by atoms with Gasteiger partial charge in [0.05, 0.1) is 16.9 Å². The first kappa shape index (κ1) is 13.9. The number of fused-ring (bicyclic) bond motifs is 1. The van der Waals surface area contributed by atoms with Gasteiger partial charge in [-0.25, -0.2) is 0 Å². The number of hydrogen-bond donors (Lipinski definition) is 0. The average Bonchev–Trinajstić information content (AvgIpc) is 2.74. The monoisotopic (exact) mass is 302 g/mol. The van der Waals surface area contributed by atoms with Crippen molar-refractivity contribution < 1.29 is 14.4 Å². The highest BCUT2D eigenvalue weighted by Gasteiger charge is 2.34. The van der Waals surface area contributed by atoms with Crippen molar-refractivity contribution in [2.24, 2.45) is 0 Å². The number of thioether (sulfide) groups is 1. The average molecular weight is 302 g/mol. The molecule has 5 nitrogen and oxygen atoms in total. The minimum Gasteiger partial charge on any atom is -0.318 e. The van der Waals surface area contributed by atoms with Crippen LogP contribution in [-0.2, 0) is 4.79 Å². The molecule has 6 heteroatoms. The van der Waals surface area contributed by atoms with E-state index in [2.05, 4.69) is 0 Å². The maximum absolute atomic E-state index is 12.2. The van der Waals surface area contributed by atoms with Crippen LogP contribution in [-0.4, -0.2) is 46.4 Å². The minimum absolute atomic E-state index is 0.0601. The molecular weight excluding hydrogens is 288 g/mol. The molecule has 0 aliphatic carbocycles. The number of carbonyl (C=O) groups excluding carboxylic acids is 3. The van der Waals surface area contributed by atoms with Gasteiger partial charge in [0, 0.05) is 19.3 Å². The molecule has 1 aromatic rings. The summed E-state index contributed by atoms with van der Waals surface area (Å²) < 4.78 is 0. The van der Waals surface area contributed by atoms with Crippen molar-refractivity contribution in [1.82, 2.24) is 9.80 Å². The molecule has 0 aromatic heterocycles. The summed E-state index contributed by atoms with van der Waals surface area (Å²) >= 11 is 1.47. The van der Waals surface area contributed by atoms with Crippen LogP contribution in [0.25, 0.3) is 0 Å². The molecule has 1 aromatic carbocycles. The molecule has 3 amide bonds. The van der Waals surface area contributed by atoms with Crippen LogP contribution in [0.4, 0.5) is 0 Å². The third-order valence-corrected chi connectivity index (χ3v) is 4.25.